The molecule has 2 aromatic carbocycles. The summed E-state index contributed by atoms with van der Waals surface area (Å²) in [5.41, 5.74) is 5.63. The van der Waals surface area contributed by atoms with Gasteiger partial charge in [0.15, 0.2) is 0 Å². The van der Waals surface area contributed by atoms with E-state index in [-0.39, 0.29) is 17.1 Å². The molecule has 0 fully saturated rings. The first-order valence-electron chi connectivity index (χ1n) is 12.6. The second-order valence-corrected chi connectivity index (χ2v) is 9.37. The Labute approximate surface area is 241 Å². The molecule has 0 atom stereocenters. The second-order valence-electron chi connectivity index (χ2n) is 9.37. The summed E-state index contributed by atoms with van der Waals surface area (Å²) in [5.74, 6) is 1.91. The van der Waals surface area contributed by atoms with Crippen molar-refractivity contribution >= 4 is 44.3 Å². The molecule has 7 aromatic rings. The molecule has 0 amide bonds. The fourth-order valence-electron chi connectivity index (χ4n) is 5.21. The summed E-state index contributed by atoms with van der Waals surface area (Å²) in [5, 5.41) is 2.49. The molecule has 195 valence electrons. The van der Waals surface area contributed by atoms with E-state index in [0.717, 1.165) is 32.8 Å². The van der Waals surface area contributed by atoms with Crippen molar-refractivity contribution in [2.24, 2.45) is 0 Å². The Morgan fingerprint density at radius 2 is 0.902 bits per heavy atom. The average molecular weight is 578 g/mol. The van der Waals surface area contributed by atoms with Gasteiger partial charge < -0.3 is 29.9 Å². The maximum Gasteiger partial charge on any atom is 2.00 e. The Hall–Kier alpha value is -5.38. The summed E-state index contributed by atoms with van der Waals surface area (Å²) in [4.78, 5) is 47.9. The Morgan fingerprint density at radius 3 is 1.63 bits per heavy atom. The first kappa shape index (κ1) is 23.5. The summed E-state index contributed by atoms with van der Waals surface area (Å²) >= 11 is 0. The number of hydrogen-bond acceptors (Lipinski definition) is 8. The zero-order valence-electron chi connectivity index (χ0n) is 20.9. The van der Waals surface area contributed by atoms with Gasteiger partial charge in [-0.15, -0.1) is 0 Å². The third-order valence-electron chi connectivity index (χ3n) is 7.03. The van der Waals surface area contributed by atoms with Crippen LogP contribution in [-0.2, 0) is 17.1 Å². The fraction of sp³-hybridized carbons (Fsp3) is 0. The summed E-state index contributed by atoms with van der Waals surface area (Å²) in [6.07, 6.45) is 3.42. The van der Waals surface area contributed by atoms with Crippen molar-refractivity contribution in [1.29, 1.82) is 0 Å². The van der Waals surface area contributed by atoms with Gasteiger partial charge in [-0.3, -0.25) is 9.97 Å². The van der Waals surface area contributed by atoms with Gasteiger partial charge in [-0.25, -0.2) is 9.97 Å². The minimum Gasteiger partial charge on any atom is -0.357 e. The van der Waals surface area contributed by atoms with E-state index in [2.05, 4.69) is 9.97 Å². The van der Waals surface area contributed by atoms with Gasteiger partial charge in [0.1, 0.15) is 11.5 Å². The molecule has 0 aliphatic carbocycles. The maximum absolute atomic E-state index is 4.92. The Kier molecular flexibility index (Phi) is 5.05. The molecule has 5 aromatic heterocycles. The van der Waals surface area contributed by atoms with Crippen LogP contribution in [-0.4, -0.2) is 39.9 Å². The molecule has 2 aliphatic heterocycles. The van der Waals surface area contributed by atoms with Crippen LogP contribution in [0.3, 0.4) is 0 Å². The number of fused-ring (bicyclic) bond motifs is 20. The zero-order valence-corrected chi connectivity index (χ0v) is 21.8. The first-order chi connectivity index (χ1) is 19.8. The predicted molar refractivity (Wildman–Crippen MR) is 150 cm³/mol. The van der Waals surface area contributed by atoms with E-state index in [9.17, 15) is 0 Å². The number of pyridine rings is 2. The van der Waals surface area contributed by atoms with Crippen LogP contribution in [0.15, 0.2) is 85.2 Å². The smallest absolute Gasteiger partial charge is 0.357 e. The largest absolute Gasteiger partial charge is 2.00 e. The van der Waals surface area contributed by atoms with Crippen LogP contribution >= 0.6 is 0 Å². The van der Waals surface area contributed by atoms with Crippen molar-refractivity contribution in [2.45, 2.75) is 0 Å². The van der Waals surface area contributed by atoms with E-state index >= 15 is 0 Å². The Morgan fingerprint density at radius 1 is 0.415 bits per heavy atom. The number of rotatable bonds is 0. The summed E-state index contributed by atoms with van der Waals surface area (Å²) in [6.45, 7) is 0. The standard InChI is InChI=1S/C30H14N10.Cu/c1-3-9-17-15(7-1)23-33-24-16-8-2-4-10-18(16)26(35-24)37-28-20-12-6-14-32-22(20)30(39-28)40-29-21-19(11-5-13-31-21)27(38-29)36-25(17)34-23;/h1-14H;/q-2;+2. The van der Waals surface area contributed by atoms with E-state index in [1.54, 1.807) is 12.4 Å². The molecular formula is C30H14CuN10. The van der Waals surface area contributed by atoms with Crippen LogP contribution in [0, 0.1) is 0 Å². The van der Waals surface area contributed by atoms with Crippen LogP contribution in [0.25, 0.3) is 89.9 Å². The zero-order chi connectivity index (χ0) is 26.2. The quantitative estimate of drug-likeness (QED) is 0.229. The van der Waals surface area contributed by atoms with Gasteiger partial charge in [0, 0.05) is 57.1 Å². The van der Waals surface area contributed by atoms with Gasteiger partial charge in [0.05, 0.1) is 23.0 Å². The van der Waals surface area contributed by atoms with Crippen LogP contribution in [0.5, 0.6) is 0 Å². The van der Waals surface area contributed by atoms with E-state index < -0.39 is 0 Å². The molecule has 9 rings (SSSR count). The maximum atomic E-state index is 4.92. The van der Waals surface area contributed by atoms with E-state index in [0.29, 0.717) is 57.1 Å². The minimum absolute atomic E-state index is 0. The van der Waals surface area contributed by atoms with Crippen LogP contribution in [0.1, 0.15) is 0 Å². The topological polar surface area (TPSA) is 131 Å². The Bertz CT molecular complexity index is 2040. The minimum atomic E-state index is 0. The molecule has 8 bridgehead atoms. The molecule has 0 unspecified atom stereocenters. The SMILES string of the molecule is [Cu+2].c1ccc2c(c1)-c1nc-2nc2[n-]c(nc3nc(nc4[n-]c(n1)c1ccccc41)-c1cccnc1-3)c1ncccc21. The van der Waals surface area contributed by atoms with Crippen molar-refractivity contribution in [1.82, 2.24) is 49.8 Å². The monoisotopic (exact) mass is 577 g/mol. The molecule has 2 aliphatic rings. The average Bonchev–Trinajstić information content (AvgIpc) is 3.73. The first-order valence-corrected chi connectivity index (χ1v) is 12.6. The van der Waals surface area contributed by atoms with E-state index in [1.165, 1.54) is 0 Å². The van der Waals surface area contributed by atoms with Crippen LogP contribution < -0.4 is 9.97 Å². The van der Waals surface area contributed by atoms with Gasteiger partial charge in [-0.2, -0.15) is 0 Å². The van der Waals surface area contributed by atoms with Gasteiger partial charge in [-0.1, -0.05) is 54.6 Å². The fourth-order valence-corrected chi connectivity index (χ4v) is 5.21. The molecule has 1 radical (unpaired) electrons. The number of hydrogen-bond donors (Lipinski definition) is 0. The molecule has 0 saturated carbocycles. The third-order valence-corrected chi connectivity index (χ3v) is 7.03. The molecule has 7 heterocycles. The van der Waals surface area contributed by atoms with Crippen LogP contribution in [0.2, 0.25) is 0 Å². The van der Waals surface area contributed by atoms with E-state index in [1.807, 2.05) is 72.8 Å². The summed E-state index contributed by atoms with van der Waals surface area (Å²) in [6, 6.07) is 23.3. The van der Waals surface area contributed by atoms with Gasteiger partial charge in [-0.05, 0) is 29.0 Å². The molecule has 0 N–H and O–H groups in total. The molecule has 11 heteroatoms. The van der Waals surface area contributed by atoms with Crippen molar-refractivity contribution in [3.05, 3.63) is 85.2 Å². The number of benzene rings is 2. The predicted octanol–water partition coefficient (Wildman–Crippen LogP) is 4.91. The van der Waals surface area contributed by atoms with Crippen molar-refractivity contribution in [3.63, 3.8) is 0 Å². The summed E-state index contributed by atoms with van der Waals surface area (Å²) < 4.78 is 0. The van der Waals surface area contributed by atoms with Crippen molar-refractivity contribution in [2.75, 3.05) is 0 Å². The van der Waals surface area contributed by atoms with Crippen LogP contribution in [0.4, 0.5) is 0 Å². The van der Waals surface area contributed by atoms with Gasteiger partial charge in [0.2, 0.25) is 0 Å². The van der Waals surface area contributed by atoms with Gasteiger partial charge in [0.25, 0.3) is 0 Å². The second kappa shape index (κ2) is 8.82. The molecule has 0 saturated heterocycles. The molecule has 41 heavy (non-hydrogen) atoms. The van der Waals surface area contributed by atoms with Crippen molar-refractivity contribution in [3.8, 4) is 45.7 Å². The number of nitrogens with zero attached hydrogens (tertiary/aromatic N) is 10. The Balaban J connectivity index is 0.00000256. The van der Waals surface area contributed by atoms with Gasteiger partial charge >= 0.3 is 17.1 Å². The molecule has 0 spiro atoms. The molecule has 10 nitrogen and oxygen atoms in total. The number of aromatic nitrogens is 10. The molecular weight excluding hydrogens is 564 g/mol. The third kappa shape index (κ3) is 3.50. The normalized spacial score (nSPS) is 11.7. The van der Waals surface area contributed by atoms with E-state index in [4.69, 9.17) is 39.9 Å². The summed E-state index contributed by atoms with van der Waals surface area (Å²) in [7, 11) is 0. The van der Waals surface area contributed by atoms with Crippen molar-refractivity contribution < 1.29 is 17.1 Å².